The van der Waals surface area contributed by atoms with Crippen molar-refractivity contribution >= 4 is 27.9 Å². The number of carbonyl (C=O) groups excluding carboxylic acids is 1. The molecular formula is C15H19BrO6. The number of hydrogen-bond acceptors (Lipinski definition) is 5. The zero-order valence-corrected chi connectivity index (χ0v) is 14.5. The third-order valence-corrected chi connectivity index (χ3v) is 4.36. The summed E-state index contributed by atoms with van der Waals surface area (Å²) < 4.78 is 13.4. The van der Waals surface area contributed by atoms with E-state index in [1.807, 2.05) is 6.92 Å². The van der Waals surface area contributed by atoms with Gasteiger partial charge in [0.1, 0.15) is 0 Å². The molecule has 0 heterocycles. The van der Waals surface area contributed by atoms with E-state index in [-0.39, 0.29) is 11.7 Å². The second kappa shape index (κ2) is 7.49. The van der Waals surface area contributed by atoms with Gasteiger partial charge in [-0.2, -0.15) is 0 Å². The summed E-state index contributed by atoms with van der Waals surface area (Å²) in [7, 11) is 2.89. The summed E-state index contributed by atoms with van der Waals surface area (Å²) in [5.74, 6) is -1.50. The fourth-order valence-corrected chi connectivity index (χ4v) is 2.07. The molecule has 0 aliphatic carbocycles. The van der Waals surface area contributed by atoms with E-state index in [2.05, 4.69) is 15.9 Å². The quantitative estimate of drug-likeness (QED) is 0.448. The molecule has 0 bridgehead atoms. The number of methoxy groups -OCH3 is 2. The lowest BCUT2D eigenvalue weighted by molar-refractivity contribution is -0.159. The van der Waals surface area contributed by atoms with Crippen LogP contribution in [0.2, 0.25) is 0 Å². The Morgan fingerprint density at radius 1 is 1.27 bits per heavy atom. The molecule has 2 unspecified atom stereocenters. The highest BCUT2D eigenvalue weighted by molar-refractivity contribution is 9.10. The summed E-state index contributed by atoms with van der Waals surface area (Å²) in [6.07, 6.45) is 0.198. The Labute approximate surface area is 137 Å². The van der Waals surface area contributed by atoms with Gasteiger partial charge in [-0.3, -0.25) is 0 Å². The van der Waals surface area contributed by atoms with E-state index in [0.29, 0.717) is 17.9 Å². The van der Waals surface area contributed by atoms with Crippen molar-refractivity contribution in [1.82, 2.24) is 0 Å². The first-order valence-electron chi connectivity index (χ1n) is 6.67. The number of carboxylic acids is 1. The molecule has 0 amide bonds. The number of carboxylic acid groups (broad SMARTS) is 1. The third-order valence-electron chi connectivity index (χ3n) is 3.24. The lowest BCUT2D eigenvalue weighted by Gasteiger charge is -2.24. The van der Waals surface area contributed by atoms with Gasteiger partial charge in [0.15, 0.2) is 11.5 Å². The fraction of sp³-hybridized carbons (Fsp3) is 0.467. The largest absolute Gasteiger partial charge is 0.493 e. The number of benzene rings is 1. The number of alkyl halides is 1. The molecule has 22 heavy (non-hydrogen) atoms. The smallest absolute Gasteiger partial charge is 0.339 e. The zero-order chi connectivity index (χ0) is 16.9. The molecule has 0 radical (unpaired) electrons. The van der Waals surface area contributed by atoms with Crippen LogP contribution in [0, 0.1) is 0 Å². The van der Waals surface area contributed by atoms with Gasteiger partial charge in [0.2, 0.25) is 4.32 Å². The predicted molar refractivity (Wildman–Crippen MR) is 83.6 cm³/mol. The minimum Gasteiger partial charge on any atom is -0.493 e. The van der Waals surface area contributed by atoms with Crippen LogP contribution in [0.3, 0.4) is 0 Å². The van der Waals surface area contributed by atoms with Gasteiger partial charge in [0, 0.05) is 0 Å². The first kappa shape index (κ1) is 18.3. The minimum absolute atomic E-state index is 0.186. The monoisotopic (exact) mass is 374 g/mol. The lowest BCUT2D eigenvalue weighted by Crippen LogP contribution is -2.40. The second-order valence-corrected chi connectivity index (χ2v) is 5.85. The van der Waals surface area contributed by atoms with Crippen LogP contribution in [0.25, 0.3) is 0 Å². The molecule has 1 N–H and O–H groups in total. The van der Waals surface area contributed by atoms with Crippen LogP contribution in [-0.4, -0.2) is 37.4 Å². The van der Waals surface area contributed by atoms with Crippen LogP contribution in [0.15, 0.2) is 18.2 Å². The molecule has 0 aromatic heterocycles. The Morgan fingerprint density at radius 3 is 2.32 bits per heavy atom. The molecule has 0 fully saturated rings. The topological polar surface area (TPSA) is 82.1 Å². The molecule has 2 atom stereocenters. The van der Waals surface area contributed by atoms with Crippen LogP contribution >= 0.6 is 15.9 Å². The highest BCUT2D eigenvalue weighted by Gasteiger charge is 2.48. The standard InChI is InChI=1S/C15H19BrO6/c1-5-9(2)22-14(19)15(16,13(17)18)10-6-7-11(20-3)12(8-10)21-4/h6-9H,5H2,1-4H3,(H,17,18). The molecule has 6 nitrogen and oxygen atoms in total. The summed E-state index contributed by atoms with van der Waals surface area (Å²) in [4.78, 5) is 24.0. The normalized spacial score (nSPS) is 14.6. The molecule has 0 aliphatic rings. The van der Waals surface area contributed by atoms with Gasteiger partial charge < -0.3 is 19.3 Å². The molecule has 7 heteroatoms. The predicted octanol–water partition coefficient (Wildman–Crippen LogP) is 2.72. The SMILES string of the molecule is CCC(C)OC(=O)C(Br)(C(=O)O)c1ccc(OC)c(OC)c1. The van der Waals surface area contributed by atoms with Gasteiger partial charge in [0.05, 0.1) is 20.3 Å². The Morgan fingerprint density at radius 2 is 1.86 bits per heavy atom. The Kier molecular flexibility index (Phi) is 6.22. The van der Waals surface area contributed by atoms with E-state index in [9.17, 15) is 14.7 Å². The number of ether oxygens (including phenoxy) is 3. The van der Waals surface area contributed by atoms with Crippen LogP contribution in [0.5, 0.6) is 11.5 Å². The lowest BCUT2D eigenvalue weighted by atomic mass is 9.98. The van der Waals surface area contributed by atoms with E-state index in [4.69, 9.17) is 14.2 Å². The van der Waals surface area contributed by atoms with Gasteiger partial charge in [-0.25, -0.2) is 9.59 Å². The summed E-state index contributed by atoms with van der Waals surface area (Å²) in [6.45, 7) is 3.53. The van der Waals surface area contributed by atoms with Crippen molar-refractivity contribution in [2.75, 3.05) is 14.2 Å². The molecule has 1 aromatic rings. The first-order chi connectivity index (χ1) is 10.3. The molecule has 1 rings (SSSR count). The van der Waals surface area contributed by atoms with Crippen LogP contribution in [0.4, 0.5) is 0 Å². The van der Waals surface area contributed by atoms with Crippen molar-refractivity contribution in [2.24, 2.45) is 0 Å². The maximum absolute atomic E-state index is 12.3. The Bertz CT molecular complexity index is 559. The maximum Gasteiger partial charge on any atom is 0.339 e. The van der Waals surface area contributed by atoms with E-state index in [1.54, 1.807) is 6.92 Å². The van der Waals surface area contributed by atoms with Gasteiger partial charge in [-0.15, -0.1) is 0 Å². The van der Waals surface area contributed by atoms with Crippen molar-refractivity contribution < 1.29 is 28.9 Å². The Hall–Kier alpha value is -1.76. The van der Waals surface area contributed by atoms with Crippen molar-refractivity contribution in [1.29, 1.82) is 0 Å². The van der Waals surface area contributed by atoms with Crippen molar-refractivity contribution in [3.8, 4) is 11.5 Å². The van der Waals surface area contributed by atoms with E-state index >= 15 is 0 Å². The summed E-state index contributed by atoms with van der Waals surface area (Å²) in [6, 6.07) is 4.44. The zero-order valence-electron chi connectivity index (χ0n) is 12.9. The van der Waals surface area contributed by atoms with Crippen LogP contribution < -0.4 is 9.47 Å². The molecule has 0 saturated heterocycles. The van der Waals surface area contributed by atoms with Gasteiger partial charge in [-0.05, 0) is 31.0 Å². The fourth-order valence-electron chi connectivity index (χ4n) is 1.73. The minimum atomic E-state index is -2.00. The summed E-state index contributed by atoms with van der Waals surface area (Å²) >= 11 is 3.02. The van der Waals surface area contributed by atoms with Crippen molar-refractivity contribution in [3.63, 3.8) is 0 Å². The van der Waals surface area contributed by atoms with Crippen molar-refractivity contribution in [2.45, 2.75) is 30.7 Å². The van der Waals surface area contributed by atoms with Gasteiger partial charge >= 0.3 is 11.9 Å². The Balaban J connectivity index is 3.30. The van der Waals surface area contributed by atoms with Gasteiger partial charge in [-0.1, -0.05) is 28.9 Å². The van der Waals surface area contributed by atoms with E-state index in [1.165, 1.54) is 32.4 Å². The number of rotatable bonds is 7. The first-order valence-corrected chi connectivity index (χ1v) is 7.46. The molecule has 0 saturated carbocycles. The molecular weight excluding hydrogens is 356 g/mol. The molecule has 122 valence electrons. The highest BCUT2D eigenvalue weighted by Crippen LogP contribution is 2.38. The van der Waals surface area contributed by atoms with E-state index < -0.39 is 16.3 Å². The second-order valence-electron chi connectivity index (χ2n) is 4.66. The maximum atomic E-state index is 12.3. The number of hydrogen-bond donors (Lipinski definition) is 1. The summed E-state index contributed by atoms with van der Waals surface area (Å²) in [5, 5.41) is 9.51. The summed E-state index contributed by atoms with van der Waals surface area (Å²) in [5.41, 5.74) is 0.186. The number of aliphatic carboxylic acids is 1. The van der Waals surface area contributed by atoms with Crippen LogP contribution in [0.1, 0.15) is 25.8 Å². The number of halogens is 1. The average Bonchev–Trinajstić information content (AvgIpc) is 2.52. The van der Waals surface area contributed by atoms with E-state index in [0.717, 1.165) is 0 Å². The number of esters is 1. The van der Waals surface area contributed by atoms with Gasteiger partial charge in [0.25, 0.3) is 0 Å². The average molecular weight is 375 g/mol. The molecule has 0 aliphatic heterocycles. The van der Waals surface area contributed by atoms with Crippen LogP contribution in [-0.2, 0) is 18.7 Å². The van der Waals surface area contributed by atoms with Crippen molar-refractivity contribution in [3.05, 3.63) is 23.8 Å². The highest BCUT2D eigenvalue weighted by atomic mass is 79.9. The molecule has 0 spiro atoms. The number of carbonyl (C=O) groups is 2. The molecule has 1 aromatic carbocycles. The third kappa shape index (κ3) is 3.52.